The number of aliphatic hydroxyl groups is 1. The number of nitrogens with one attached hydrogen (secondary N) is 2. The number of methoxy groups -OCH3 is 2. The van der Waals surface area contributed by atoms with Crippen LogP contribution in [0, 0.1) is 16.7 Å². The summed E-state index contributed by atoms with van der Waals surface area (Å²) in [6, 6.07) is 13.8. The highest BCUT2D eigenvalue weighted by atomic mass is 16.5. The van der Waals surface area contributed by atoms with Crippen molar-refractivity contribution in [1.29, 1.82) is 5.26 Å². The summed E-state index contributed by atoms with van der Waals surface area (Å²) in [6.45, 7) is 3.90. The number of nitrogens with zero attached hydrogens (tertiary/aromatic N) is 1. The van der Waals surface area contributed by atoms with Gasteiger partial charge in [-0.1, -0.05) is 26.0 Å². The minimum absolute atomic E-state index is 0.0795. The largest absolute Gasteiger partial charge is 0.497 e. The van der Waals surface area contributed by atoms with Crippen molar-refractivity contribution in [3.05, 3.63) is 64.7 Å². The van der Waals surface area contributed by atoms with Crippen molar-refractivity contribution in [1.82, 2.24) is 10.6 Å². The van der Waals surface area contributed by atoms with E-state index in [0.29, 0.717) is 29.7 Å². The zero-order valence-corrected chi connectivity index (χ0v) is 20.6. The van der Waals surface area contributed by atoms with Crippen molar-refractivity contribution >= 4 is 11.7 Å². The second kappa shape index (κ2) is 11.5. The second-order valence-electron chi connectivity index (χ2n) is 9.52. The Morgan fingerprint density at radius 3 is 2.71 bits per heavy atom. The SMILES string of the molecule is COCC(=O)N[C@@H](Cc1cccc(C#N)c1)[C@@H](O)CN[C@H]1CC(C)(C)C(=O)c2ccc(OC)cc21. The molecule has 0 heterocycles. The van der Waals surface area contributed by atoms with Gasteiger partial charge in [0.15, 0.2) is 5.78 Å². The van der Waals surface area contributed by atoms with Crippen LogP contribution in [-0.4, -0.2) is 56.3 Å². The Bertz CT molecular complexity index is 1110. The molecule has 2 aromatic rings. The van der Waals surface area contributed by atoms with Crippen molar-refractivity contribution in [2.45, 2.75) is 44.9 Å². The number of amides is 1. The highest BCUT2D eigenvalue weighted by molar-refractivity contribution is 6.02. The molecule has 1 aliphatic rings. The Kier molecular flexibility index (Phi) is 8.62. The van der Waals surface area contributed by atoms with E-state index < -0.39 is 17.6 Å². The molecule has 3 N–H and O–H groups in total. The van der Waals surface area contributed by atoms with Gasteiger partial charge in [-0.2, -0.15) is 5.26 Å². The van der Waals surface area contributed by atoms with Crippen molar-refractivity contribution in [2.75, 3.05) is 27.4 Å². The van der Waals surface area contributed by atoms with Gasteiger partial charge in [0.25, 0.3) is 0 Å². The lowest BCUT2D eigenvalue weighted by Gasteiger charge is -2.37. The van der Waals surface area contributed by atoms with Crippen LogP contribution >= 0.6 is 0 Å². The minimum atomic E-state index is -0.934. The van der Waals surface area contributed by atoms with Crippen LogP contribution in [0.1, 0.15) is 53.4 Å². The molecule has 0 aromatic heterocycles. The van der Waals surface area contributed by atoms with E-state index in [9.17, 15) is 20.0 Å². The van der Waals surface area contributed by atoms with Crippen molar-refractivity contribution < 1.29 is 24.2 Å². The number of rotatable bonds is 10. The monoisotopic (exact) mass is 479 g/mol. The topological polar surface area (TPSA) is 121 Å². The van der Waals surface area contributed by atoms with Crippen LogP contribution in [0.15, 0.2) is 42.5 Å². The lowest BCUT2D eigenvalue weighted by Crippen LogP contribution is -2.50. The van der Waals surface area contributed by atoms with Crippen LogP contribution in [0.4, 0.5) is 0 Å². The van der Waals surface area contributed by atoms with E-state index in [-0.39, 0.29) is 30.9 Å². The van der Waals surface area contributed by atoms with Gasteiger partial charge in [-0.05, 0) is 54.3 Å². The van der Waals surface area contributed by atoms with E-state index in [1.54, 1.807) is 37.4 Å². The molecule has 0 radical (unpaired) electrons. The molecule has 0 spiro atoms. The lowest BCUT2D eigenvalue weighted by atomic mass is 9.71. The van der Waals surface area contributed by atoms with Gasteiger partial charge in [0, 0.05) is 30.7 Å². The third kappa shape index (κ3) is 6.45. The molecular weight excluding hydrogens is 446 g/mol. The molecule has 0 saturated carbocycles. The number of carbonyl (C=O) groups excluding carboxylic acids is 2. The molecule has 0 fully saturated rings. The van der Waals surface area contributed by atoms with Gasteiger partial charge in [0.1, 0.15) is 12.4 Å². The van der Waals surface area contributed by atoms with Gasteiger partial charge in [-0.3, -0.25) is 9.59 Å². The molecule has 186 valence electrons. The molecule has 1 aliphatic carbocycles. The zero-order valence-electron chi connectivity index (χ0n) is 20.6. The Morgan fingerprint density at radius 1 is 1.26 bits per heavy atom. The van der Waals surface area contributed by atoms with E-state index in [2.05, 4.69) is 16.7 Å². The number of nitriles is 1. The van der Waals surface area contributed by atoms with Crippen LogP contribution < -0.4 is 15.4 Å². The zero-order chi connectivity index (χ0) is 25.6. The quantitative estimate of drug-likeness (QED) is 0.479. The summed E-state index contributed by atoms with van der Waals surface area (Å²) in [5, 5.41) is 26.5. The third-order valence-corrected chi connectivity index (χ3v) is 6.38. The van der Waals surface area contributed by atoms with E-state index >= 15 is 0 Å². The van der Waals surface area contributed by atoms with Crippen molar-refractivity contribution in [3.8, 4) is 11.8 Å². The summed E-state index contributed by atoms with van der Waals surface area (Å²) in [5.74, 6) is 0.397. The maximum absolute atomic E-state index is 13.0. The first kappa shape index (κ1) is 26.4. The predicted octanol–water partition coefficient (Wildman–Crippen LogP) is 2.54. The smallest absolute Gasteiger partial charge is 0.246 e. The molecular formula is C27H33N3O5. The fourth-order valence-corrected chi connectivity index (χ4v) is 4.51. The maximum atomic E-state index is 13.0. The number of hydrogen-bond acceptors (Lipinski definition) is 7. The average Bonchev–Trinajstić information content (AvgIpc) is 2.84. The van der Waals surface area contributed by atoms with Gasteiger partial charge in [0.2, 0.25) is 5.91 Å². The van der Waals surface area contributed by atoms with E-state index in [1.807, 2.05) is 26.0 Å². The second-order valence-corrected chi connectivity index (χ2v) is 9.52. The van der Waals surface area contributed by atoms with Gasteiger partial charge in [0.05, 0.1) is 30.9 Å². The Hall–Kier alpha value is -3.25. The molecule has 0 saturated heterocycles. The number of ether oxygens (including phenoxy) is 2. The molecule has 0 bridgehead atoms. The lowest BCUT2D eigenvalue weighted by molar-refractivity contribution is -0.126. The predicted molar refractivity (Wildman–Crippen MR) is 131 cm³/mol. The number of hydrogen-bond donors (Lipinski definition) is 3. The fourth-order valence-electron chi connectivity index (χ4n) is 4.51. The van der Waals surface area contributed by atoms with E-state index in [4.69, 9.17) is 9.47 Å². The summed E-state index contributed by atoms with van der Waals surface area (Å²) >= 11 is 0. The van der Waals surface area contributed by atoms with Gasteiger partial charge >= 0.3 is 0 Å². The molecule has 35 heavy (non-hydrogen) atoms. The molecule has 8 heteroatoms. The number of ketones is 1. The van der Waals surface area contributed by atoms with Gasteiger partial charge in [-0.15, -0.1) is 0 Å². The van der Waals surface area contributed by atoms with Crippen molar-refractivity contribution in [2.24, 2.45) is 5.41 Å². The highest BCUT2D eigenvalue weighted by Crippen LogP contribution is 2.41. The Balaban J connectivity index is 1.79. The van der Waals surface area contributed by atoms with Crippen LogP contribution in [0.5, 0.6) is 5.75 Å². The average molecular weight is 480 g/mol. The van der Waals surface area contributed by atoms with Gasteiger partial charge in [-0.25, -0.2) is 0 Å². The summed E-state index contributed by atoms with van der Waals surface area (Å²) in [5.41, 5.74) is 2.26. The minimum Gasteiger partial charge on any atom is -0.497 e. The van der Waals surface area contributed by atoms with Crippen molar-refractivity contribution in [3.63, 3.8) is 0 Å². The molecule has 3 atom stereocenters. The number of carbonyl (C=O) groups is 2. The highest BCUT2D eigenvalue weighted by Gasteiger charge is 2.39. The normalized spacial score (nSPS) is 18.2. The summed E-state index contributed by atoms with van der Waals surface area (Å²) < 4.78 is 10.3. The first-order valence-corrected chi connectivity index (χ1v) is 11.6. The molecule has 2 aromatic carbocycles. The van der Waals surface area contributed by atoms with E-state index in [1.165, 1.54) is 7.11 Å². The number of fused-ring (bicyclic) bond motifs is 1. The summed E-state index contributed by atoms with van der Waals surface area (Å²) in [7, 11) is 3.01. The van der Waals surface area contributed by atoms with Crippen LogP contribution in [-0.2, 0) is 16.0 Å². The molecule has 3 rings (SSSR count). The molecule has 1 amide bonds. The fraction of sp³-hybridized carbons (Fsp3) is 0.444. The molecule has 0 aliphatic heterocycles. The van der Waals surface area contributed by atoms with Crippen LogP contribution in [0.2, 0.25) is 0 Å². The van der Waals surface area contributed by atoms with Crippen LogP contribution in [0.3, 0.4) is 0 Å². The first-order chi connectivity index (χ1) is 16.7. The first-order valence-electron chi connectivity index (χ1n) is 11.6. The number of Topliss-reactive ketones (excluding diaryl/α,β-unsaturated/α-hetero) is 1. The summed E-state index contributed by atoms with van der Waals surface area (Å²) in [4.78, 5) is 25.2. The Labute approximate surface area is 206 Å². The number of benzene rings is 2. The molecule has 0 unspecified atom stereocenters. The Morgan fingerprint density at radius 2 is 2.03 bits per heavy atom. The maximum Gasteiger partial charge on any atom is 0.246 e. The van der Waals surface area contributed by atoms with Gasteiger partial charge < -0.3 is 25.2 Å². The number of aliphatic hydroxyl groups excluding tert-OH is 1. The third-order valence-electron chi connectivity index (χ3n) is 6.38. The summed E-state index contributed by atoms with van der Waals surface area (Å²) in [6.07, 6.45) is -0.0346. The van der Waals surface area contributed by atoms with E-state index in [0.717, 1.165) is 11.1 Å². The molecule has 8 nitrogen and oxygen atoms in total. The standard InChI is InChI=1S/C27H33N3O5/c1-27(2)13-23(21-12-19(35-4)8-9-20(21)26(27)33)29-15-24(31)22(30-25(32)16-34-3)11-17-6-5-7-18(10-17)14-28/h5-10,12,22-24,29,31H,11,13,15-16H2,1-4H3,(H,30,32)/t22-,23-,24-/m0/s1. The van der Waals surface area contributed by atoms with Crippen LogP contribution in [0.25, 0.3) is 0 Å².